The summed E-state index contributed by atoms with van der Waals surface area (Å²) < 4.78 is 0. The van der Waals surface area contributed by atoms with Crippen molar-refractivity contribution in [2.24, 2.45) is 5.10 Å². The standard InChI is InChI=1S/C7H7N3O2/c11-7(12)10-9-5-6-2-1-3-8-4-6/h1-5,10H,(H,11,12). The van der Waals surface area contributed by atoms with Crippen molar-refractivity contribution in [1.29, 1.82) is 0 Å². The Labute approximate surface area is 68.8 Å². The van der Waals surface area contributed by atoms with Crippen LogP contribution in [0.25, 0.3) is 0 Å². The molecule has 0 radical (unpaired) electrons. The topological polar surface area (TPSA) is 74.6 Å². The normalized spacial score (nSPS) is 10.0. The SMILES string of the molecule is O=C(O)NN=Cc1cccnc1. The molecule has 5 nitrogen and oxygen atoms in total. The number of hydrazone groups is 1. The average molecular weight is 165 g/mol. The summed E-state index contributed by atoms with van der Waals surface area (Å²) in [6.07, 6.45) is 3.39. The van der Waals surface area contributed by atoms with Crippen LogP contribution >= 0.6 is 0 Å². The van der Waals surface area contributed by atoms with E-state index in [2.05, 4.69) is 10.1 Å². The molecule has 1 rings (SSSR count). The highest BCUT2D eigenvalue weighted by Gasteiger charge is 1.87. The molecule has 1 amide bonds. The van der Waals surface area contributed by atoms with Crippen LogP contribution in [0.2, 0.25) is 0 Å². The zero-order valence-electron chi connectivity index (χ0n) is 6.14. The van der Waals surface area contributed by atoms with Crippen molar-refractivity contribution in [3.63, 3.8) is 0 Å². The van der Waals surface area contributed by atoms with Gasteiger partial charge in [0.05, 0.1) is 6.21 Å². The summed E-state index contributed by atoms with van der Waals surface area (Å²) in [4.78, 5) is 13.8. The lowest BCUT2D eigenvalue weighted by atomic mass is 10.3. The maximum atomic E-state index is 9.95. The van der Waals surface area contributed by atoms with Crippen LogP contribution in [0.4, 0.5) is 4.79 Å². The summed E-state index contributed by atoms with van der Waals surface area (Å²) in [5.41, 5.74) is 2.59. The number of amides is 1. The van der Waals surface area contributed by atoms with Crippen LogP contribution in [0, 0.1) is 0 Å². The summed E-state index contributed by atoms with van der Waals surface area (Å²) in [5.74, 6) is 0. The minimum Gasteiger partial charge on any atom is -0.464 e. The number of rotatable bonds is 2. The lowest BCUT2D eigenvalue weighted by Crippen LogP contribution is -2.13. The molecule has 62 valence electrons. The van der Waals surface area contributed by atoms with Gasteiger partial charge < -0.3 is 5.11 Å². The lowest BCUT2D eigenvalue weighted by Gasteiger charge is -1.90. The number of hydrogen-bond acceptors (Lipinski definition) is 3. The van der Waals surface area contributed by atoms with Crippen molar-refractivity contribution in [2.75, 3.05) is 0 Å². The van der Waals surface area contributed by atoms with E-state index < -0.39 is 6.09 Å². The van der Waals surface area contributed by atoms with Crippen LogP contribution in [0.1, 0.15) is 5.56 Å². The largest absolute Gasteiger partial charge is 0.464 e. The maximum Gasteiger partial charge on any atom is 0.425 e. The number of carbonyl (C=O) groups is 1. The van der Waals surface area contributed by atoms with E-state index in [1.807, 2.05) is 5.43 Å². The van der Waals surface area contributed by atoms with E-state index >= 15 is 0 Å². The quantitative estimate of drug-likeness (QED) is 0.500. The Kier molecular flexibility index (Phi) is 2.78. The molecule has 0 spiro atoms. The molecule has 1 heterocycles. The fraction of sp³-hybridized carbons (Fsp3) is 0. The van der Waals surface area contributed by atoms with E-state index in [9.17, 15) is 4.79 Å². The highest BCUT2D eigenvalue weighted by atomic mass is 16.4. The Bertz CT molecular complexity index is 284. The third-order valence-corrected chi connectivity index (χ3v) is 1.06. The Morgan fingerprint density at radius 3 is 3.17 bits per heavy atom. The fourth-order valence-corrected chi connectivity index (χ4v) is 0.614. The van der Waals surface area contributed by atoms with Crippen LogP contribution in [-0.2, 0) is 0 Å². The van der Waals surface area contributed by atoms with Gasteiger partial charge in [-0.2, -0.15) is 5.10 Å². The number of carboxylic acid groups (broad SMARTS) is 1. The van der Waals surface area contributed by atoms with Crippen LogP contribution in [-0.4, -0.2) is 22.4 Å². The molecule has 12 heavy (non-hydrogen) atoms. The van der Waals surface area contributed by atoms with Gasteiger partial charge in [-0.05, 0) is 6.07 Å². The van der Waals surface area contributed by atoms with E-state index in [1.54, 1.807) is 24.5 Å². The first-order valence-electron chi connectivity index (χ1n) is 3.21. The number of pyridine rings is 1. The molecule has 0 aliphatic heterocycles. The highest BCUT2D eigenvalue weighted by Crippen LogP contribution is 1.89. The van der Waals surface area contributed by atoms with Gasteiger partial charge in [-0.25, -0.2) is 10.2 Å². The van der Waals surface area contributed by atoms with Crippen molar-refractivity contribution < 1.29 is 9.90 Å². The van der Waals surface area contributed by atoms with Crippen molar-refractivity contribution in [2.45, 2.75) is 0 Å². The highest BCUT2D eigenvalue weighted by molar-refractivity contribution is 5.79. The molecule has 0 unspecified atom stereocenters. The van der Waals surface area contributed by atoms with Crippen LogP contribution in [0.15, 0.2) is 29.6 Å². The van der Waals surface area contributed by atoms with E-state index in [0.717, 1.165) is 5.56 Å². The molecule has 1 aromatic heterocycles. The second-order valence-corrected chi connectivity index (χ2v) is 1.96. The molecule has 0 bridgehead atoms. The van der Waals surface area contributed by atoms with Crippen molar-refractivity contribution in [3.05, 3.63) is 30.1 Å². The zero-order chi connectivity index (χ0) is 8.81. The van der Waals surface area contributed by atoms with Gasteiger partial charge in [0.2, 0.25) is 0 Å². The fourth-order valence-electron chi connectivity index (χ4n) is 0.614. The average Bonchev–Trinajstić information content (AvgIpc) is 2.05. The number of nitrogens with zero attached hydrogens (tertiary/aromatic N) is 2. The summed E-state index contributed by atoms with van der Waals surface area (Å²) in [6.45, 7) is 0. The Morgan fingerprint density at radius 2 is 2.58 bits per heavy atom. The van der Waals surface area contributed by atoms with Gasteiger partial charge in [0, 0.05) is 18.0 Å². The minimum absolute atomic E-state index is 0.742. The molecule has 0 aliphatic carbocycles. The molecule has 0 aromatic carbocycles. The monoisotopic (exact) mass is 165 g/mol. The van der Waals surface area contributed by atoms with Crippen LogP contribution < -0.4 is 5.43 Å². The third-order valence-electron chi connectivity index (χ3n) is 1.06. The van der Waals surface area contributed by atoms with Crippen molar-refractivity contribution in [1.82, 2.24) is 10.4 Å². The molecular formula is C7H7N3O2. The van der Waals surface area contributed by atoms with Crippen LogP contribution in [0.3, 0.4) is 0 Å². The molecule has 0 aliphatic rings. The molecule has 0 fully saturated rings. The van der Waals surface area contributed by atoms with E-state index in [1.165, 1.54) is 6.21 Å². The Balaban J connectivity index is 2.52. The first-order valence-corrected chi connectivity index (χ1v) is 3.21. The Morgan fingerprint density at radius 1 is 1.75 bits per heavy atom. The molecule has 0 atom stereocenters. The first-order chi connectivity index (χ1) is 5.79. The van der Waals surface area contributed by atoms with E-state index in [4.69, 9.17) is 5.11 Å². The smallest absolute Gasteiger partial charge is 0.425 e. The molecule has 0 saturated heterocycles. The van der Waals surface area contributed by atoms with E-state index in [-0.39, 0.29) is 0 Å². The molecule has 0 saturated carbocycles. The maximum absolute atomic E-state index is 9.95. The second-order valence-electron chi connectivity index (χ2n) is 1.96. The summed E-state index contributed by atoms with van der Waals surface area (Å²) in [5, 5.41) is 11.6. The lowest BCUT2D eigenvalue weighted by molar-refractivity contribution is 0.195. The van der Waals surface area contributed by atoms with E-state index in [0.29, 0.717) is 0 Å². The van der Waals surface area contributed by atoms with Crippen LogP contribution in [0.5, 0.6) is 0 Å². The molecule has 2 N–H and O–H groups in total. The summed E-state index contributed by atoms with van der Waals surface area (Å²) >= 11 is 0. The molecular weight excluding hydrogens is 158 g/mol. The summed E-state index contributed by atoms with van der Waals surface area (Å²) in [6, 6.07) is 3.50. The zero-order valence-corrected chi connectivity index (χ0v) is 6.14. The first kappa shape index (κ1) is 8.19. The van der Waals surface area contributed by atoms with Crippen molar-refractivity contribution in [3.8, 4) is 0 Å². The number of hydrogen-bond donors (Lipinski definition) is 2. The van der Waals surface area contributed by atoms with Gasteiger partial charge in [0.25, 0.3) is 0 Å². The number of aromatic nitrogens is 1. The molecule has 5 heteroatoms. The molecule has 1 aromatic rings. The number of nitrogens with one attached hydrogen (secondary N) is 1. The van der Waals surface area contributed by atoms with Gasteiger partial charge in [-0.1, -0.05) is 6.07 Å². The predicted molar refractivity (Wildman–Crippen MR) is 43.0 cm³/mol. The third kappa shape index (κ3) is 2.78. The van der Waals surface area contributed by atoms with Gasteiger partial charge in [0.15, 0.2) is 0 Å². The van der Waals surface area contributed by atoms with Gasteiger partial charge in [0.1, 0.15) is 0 Å². The predicted octanol–water partition coefficient (Wildman–Crippen LogP) is 0.683. The van der Waals surface area contributed by atoms with Gasteiger partial charge in [-0.3, -0.25) is 4.98 Å². The summed E-state index contributed by atoms with van der Waals surface area (Å²) in [7, 11) is 0. The second kappa shape index (κ2) is 4.07. The minimum atomic E-state index is -1.19. The van der Waals surface area contributed by atoms with Gasteiger partial charge >= 0.3 is 6.09 Å². The van der Waals surface area contributed by atoms with Crippen molar-refractivity contribution >= 4 is 12.3 Å². The Hall–Kier alpha value is -1.91. The van der Waals surface area contributed by atoms with Gasteiger partial charge in [-0.15, -0.1) is 0 Å².